The van der Waals surface area contributed by atoms with Gasteiger partial charge in [-0.3, -0.25) is 0 Å². The summed E-state index contributed by atoms with van der Waals surface area (Å²) in [6.07, 6.45) is 1.23. The van der Waals surface area contributed by atoms with Crippen molar-refractivity contribution in [2.24, 2.45) is 0 Å². The fourth-order valence-corrected chi connectivity index (χ4v) is 8.85. The van der Waals surface area contributed by atoms with Crippen LogP contribution in [0.25, 0.3) is 0 Å². The van der Waals surface area contributed by atoms with Crippen molar-refractivity contribution in [1.82, 2.24) is 0 Å². The Balaban J connectivity index is 2.24. The van der Waals surface area contributed by atoms with Crippen molar-refractivity contribution in [3.05, 3.63) is 12.7 Å². The van der Waals surface area contributed by atoms with Crippen LogP contribution in [-0.2, 0) is 9.53 Å². The molecule has 0 N–H and O–H groups in total. The molecular formula is C6H8IO2S2-. The maximum atomic E-state index is 10.7. The third-order valence-electron chi connectivity index (χ3n) is 0.921. The van der Waals surface area contributed by atoms with E-state index in [4.69, 9.17) is 4.74 Å². The molecule has 0 amide bonds. The van der Waals surface area contributed by atoms with Crippen LogP contribution in [-0.4, -0.2) is 20.9 Å². The van der Waals surface area contributed by atoms with Gasteiger partial charge in [0.05, 0.1) is 0 Å². The summed E-state index contributed by atoms with van der Waals surface area (Å²) >= 11 is 1.74. The number of rotatable bonds is 2. The van der Waals surface area contributed by atoms with Gasteiger partial charge in [-0.1, -0.05) is 0 Å². The molecule has 1 aliphatic heterocycles. The quantitative estimate of drug-likeness (QED) is 0.268. The van der Waals surface area contributed by atoms with Crippen LogP contribution in [0.4, 0.5) is 0 Å². The first-order valence-corrected chi connectivity index (χ1v) is 8.85. The summed E-state index contributed by atoms with van der Waals surface area (Å²) in [4.78, 5) is 10.7. The molecule has 0 aromatic rings. The predicted molar refractivity (Wildman–Crippen MR) is 45.0 cm³/mol. The van der Waals surface area contributed by atoms with Gasteiger partial charge in [0.25, 0.3) is 0 Å². The zero-order valence-electron chi connectivity index (χ0n) is 5.79. The van der Waals surface area contributed by atoms with Crippen LogP contribution in [0, 0.1) is 0 Å². The van der Waals surface area contributed by atoms with E-state index in [1.165, 1.54) is 11.8 Å². The van der Waals surface area contributed by atoms with Gasteiger partial charge in [0.15, 0.2) is 0 Å². The second kappa shape index (κ2) is 5.31. The summed E-state index contributed by atoms with van der Waals surface area (Å²) in [5.41, 5.74) is 0. The van der Waals surface area contributed by atoms with Crippen LogP contribution in [0.2, 0.25) is 0 Å². The van der Waals surface area contributed by atoms with Gasteiger partial charge >= 0.3 is 83.6 Å². The van der Waals surface area contributed by atoms with Gasteiger partial charge in [-0.25, -0.2) is 0 Å². The molecule has 0 unspecified atom stereocenters. The second-order valence-corrected chi connectivity index (χ2v) is 9.03. The Kier molecular flexibility index (Phi) is 4.70. The zero-order chi connectivity index (χ0) is 8.10. The Morgan fingerprint density at radius 2 is 2.55 bits per heavy atom. The number of alkyl halides is 1. The SMILES string of the molecule is C=CC(=O)O[C@@H]1SCCS[I-]1. The van der Waals surface area contributed by atoms with Gasteiger partial charge in [0.1, 0.15) is 0 Å². The molecule has 1 aliphatic rings. The molecule has 0 bridgehead atoms. The third kappa shape index (κ3) is 3.71. The van der Waals surface area contributed by atoms with Crippen LogP contribution in [0.3, 0.4) is 0 Å². The number of esters is 1. The molecular weight excluding hydrogens is 295 g/mol. The Morgan fingerprint density at radius 3 is 3.09 bits per heavy atom. The molecule has 1 heterocycles. The van der Waals surface area contributed by atoms with Gasteiger partial charge in [0, 0.05) is 0 Å². The van der Waals surface area contributed by atoms with Gasteiger partial charge in [-0.15, -0.1) is 0 Å². The summed E-state index contributed by atoms with van der Waals surface area (Å²) in [5, 5.41) is 0. The van der Waals surface area contributed by atoms with E-state index >= 15 is 0 Å². The van der Waals surface area contributed by atoms with E-state index in [9.17, 15) is 4.79 Å². The van der Waals surface area contributed by atoms with Crippen molar-refractivity contribution in [3.63, 3.8) is 0 Å². The minimum absolute atomic E-state index is 0.00210. The third-order valence-corrected chi connectivity index (χ3v) is 9.05. The predicted octanol–water partition coefficient (Wildman–Crippen LogP) is -1.52. The molecule has 5 heteroatoms. The van der Waals surface area contributed by atoms with Gasteiger partial charge in [-0.2, -0.15) is 0 Å². The summed E-state index contributed by atoms with van der Waals surface area (Å²) in [6.45, 7) is 3.35. The number of carbonyl (C=O) groups is 1. The molecule has 64 valence electrons. The molecule has 0 radical (unpaired) electrons. The van der Waals surface area contributed by atoms with Crippen molar-refractivity contribution >= 4 is 26.7 Å². The normalized spacial score (nSPS) is 24.9. The standard InChI is InChI=1S/C6H8IO2S2/c1-2-5(8)9-6-7-11-4-3-10-6/h2,6H,1,3-4H2/q-1/t6-/m1/s1. The molecule has 0 aromatic carbocycles. The van der Waals surface area contributed by atoms with Crippen molar-refractivity contribution in [3.8, 4) is 0 Å². The first-order valence-electron chi connectivity index (χ1n) is 3.03. The Morgan fingerprint density at radius 1 is 1.73 bits per heavy atom. The van der Waals surface area contributed by atoms with Crippen LogP contribution in [0.1, 0.15) is 0 Å². The molecule has 1 fully saturated rings. The average Bonchev–Trinajstić information content (AvgIpc) is 2.06. The van der Waals surface area contributed by atoms with E-state index < -0.39 is 0 Å². The van der Waals surface area contributed by atoms with Crippen molar-refractivity contribution < 1.29 is 29.4 Å². The average molecular weight is 303 g/mol. The van der Waals surface area contributed by atoms with E-state index in [1.54, 1.807) is 11.8 Å². The molecule has 0 aromatic heterocycles. The van der Waals surface area contributed by atoms with E-state index in [-0.39, 0.29) is 29.2 Å². The van der Waals surface area contributed by atoms with E-state index in [1.807, 2.05) is 8.93 Å². The molecule has 2 nitrogen and oxygen atoms in total. The van der Waals surface area contributed by atoms with E-state index in [2.05, 4.69) is 6.58 Å². The zero-order valence-corrected chi connectivity index (χ0v) is 9.58. The number of carbonyl (C=O) groups excluding carboxylic acids is 1. The first kappa shape index (κ1) is 9.73. The Bertz CT molecular complexity index is 157. The summed E-state index contributed by atoms with van der Waals surface area (Å²) < 4.78 is 5.23. The molecule has 0 aliphatic carbocycles. The summed E-state index contributed by atoms with van der Waals surface area (Å²) in [5.74, 6) is 2.02. The summed E-state index contributed by atoms with van der Waals surface area (Å²) in [6, 6.07) is 0. The number of hydrogen-bond donors (Lipinski definition) is 0. The van der Waals surface area contributed by atoms with E-state index in [0.717, 1.165) is 5.75 Å². The molecule has 0 saturated carbocycles. The van der Waals surface area contributed by atoms with Crippen LogP contribution < -0.4 is 19.8 Å². The van der Waals surface area contributed by atoms with Gasteiger partial charge < -0.3 is 0 Å². The number of hydrogen-bond acceptors (Lipinski definition) is 4. The first-order chi connectivity index (χ1) is 5.33. The minimum atomic E-state index is -0.287. The van der Waals surface area contributed by atoms with E-state index in [0.29, 0.717) is 0 Å². The molecule has 1 rings (SSSR count). The second-order valence-electron chi connectivity index (χ2n) is 1.69. The Labute approximate surface area is 83.2 Å². The number of ether oxygens (including phenoxy) is 1. The Hall–Kier alpha value is 0.640. The monoisotopic (exact) mass is 303 g/mol. The fraction of sp³-hybridized carbons (Fsp3) is 0.500. The van der Waals surface area contributed by atoms with Crippen LogP contribution in [0.15, 0.2) is 12.7 Å². The van der Waals surface area contributed by atoms with Crippen LogP contribution >= 0.6 is 20.7 Å². The van der Waals surface area contributed by atoms with Gasteiger partial charge in [-0.05, 0) is 0 Å². The topological polar surface area (TPSA) is 26.3 Å². The molecule has 1 saturated heterocycles. The fourth-order valence-electron chi connectivity index (χ4n) is 0.486. The van der Waals surface area contributed by atoms with Crippen molar-refractivity contribution in [2.45, 2.75) is 3.44 Å². The van der Waals surface area contributed by atoms with Crippen molar-refractivity contribution in [1.29, 1.82) is 0 Å². The van der Waals surface area contributed by atoms with Crippen molar-refractivity contribution in [2.75, 3.05) is 11.5 Å². The number of thioether (sulfide) groups is 1. The summed E-state index contributed by atoms with van der Waals surface area (Å²) in [7, 11) is 1.93. The van der Waals surface area contributed by atoms with Crippen LogP contribution in [0.5, 0.6) is 0 Å². The number of halogens is 1. The molecule has 0 spiro atoms. The molecule has 1 atom stereocenters. The maximum absolute atomic E-state index is 10.7. The van der Waals surface area contributed by atoms with Gasteiger partial charge in [0.2, 0.25) is 0 Å². The molecule has 11 heavy (non-hydrogen) atoms.